The second-order valence-corrected chi connectivity index (χ2v) is 4.50. The van der Waals surface area contributed by atoms with E-state index in [2.05, 4.69) is 31.2 Å². The summed E-state index contributed by atoms with van der Waals surface area (Å²) in [4.78, 5) is 2.48. The molecule has 0 aromatic heterocycles. The number of hydrogen-bond donors (Lipinski definition) is 0. The molecule has 1 fully saturated rings. The maximum Gasteiger partial charge on any atom is 0.0324 e. The molecule has 16 heavy (non-hydrogen) atoms. The predicted octanol–water partition coefficient (Wildman–Crippen LogP) is 3.57. The molecule has 1 heteroatoms. The van der Waals surface area contributed by atoms with Crippen molar-refractivity contribution in [1.29, 1.82) is 0 Å². The zero-order chi connectivity index (χ0) is 12.0. The van der Waals surface area contributed by atoms with Gasteiger partial charge in [0, 0.05) is 18.6 Å². The molecule has 88 valence electrons. The largest absolute Gasteiger partial charge is 0.293 e. The van der Waals surface area contributed by atoms with E-state index in [0.717, 1.165) is 32.4 Å². The summed E-state index contributed by atoms with van der Waals surface area (Å²) in [6.07, 6.45) is 11.2. The number of likely N-dealkylation sites (tertiary alicyclic amines) is 1. The number of nitrogens with zero attached hydrogens (tertiary/aromatic N) is 1. The van der Waals surface area contributed by atoms with Crippen LogP contribution in [0.4, 0.5) is 0 Å². The van der Waals surface area contributed by atoms with Crippen LogP contribution in [0.5, 0.6) is 0 Å². The molecular weight excluding hydrogens is 194 g/mol. The van der Waals surface area contributed by atoms with Crippen molar-refractivity contribution in [2.24, 2.45) is 5.92 Å². The van der Waals surface area contributed by atoms with Crippen LogP contribution >= 0.6 is 0 Å². The summed E-state index contributed by atoms with van der Waals surface area (Å²) in [7, 11) is 0. The molecule has 1 nitrogen and oxygen atoms in total. The van der Waals surface area contributed by atoms with Crippen molar-refractivity contribution in [3.63, 3.8) is 0 Å². The lowest BCUT2D eigenvalue weighted by atomic mass is 9.68. The first kappa shape index (κ1) is 13.0. The fourth-order valence-corrected chi connectivity index (χ4v) is 2.85. The van der Waals surface area contributed by atoms with Gasteiger partial charge >= 0.3 is 0 Å². The Balaban J connectivity index is 2.83. The lowest BCUT2D eigenvalue weighted by Gasteiger charge is -2.58. The summed E-state index contributed by atoms with van der Waals surface area (Å²) in [5, 5.41) is 0. The molecule has 0 aromatic carbocycles. The van der Waals surface area contributed by atoms with E-state index in [9.17, 15) is 0 Å². The lowest BCUT2D eigenvalue weighted by molar-refractivity contribution is -0.0687. The van der Waals surface area contributed by atoms with Gasteiger partial charge in [0.1, 0.15) is 0 Å². The first-order valence-corrected chi connectivity index (χ1v) is 5.93. The molecule has 0 radical (unpaired) electrons. The first-order valence-electron chi connectivity index (χ1n) is 5.93. The molecule has 0 aromatic rings. The first-order chi connectivity index (χ1) is 7.75. The highest BCUT2D eigenvalue weighted by Crippen LogP contribution is 2.44. The van der Waals surface area contributed by atoms with Gasteiger partial charge in [-0.05, 0) is 25.2 Å². The number of rotatable bonds is 8. The number of allylic oxidation sites excluding steroid dienone is 1. The average Bonchev–Trinajstić information content (AvgIpc) is 2.27. The van der Waals surface area contributed by atoms with E-state index < -0.39 is 0 Å². The zero-order valence-electron chi connectivity index (χ0n) is 10.2. The summed E-state index contributed by atoms with van der Waals surface area (Å²) in [5.41, 5.74) is 0.214. The van der Waals surface area contributed by atoms with Crippen molar-refractivity contribution in [2.45, 2.75) is 24.8 Å². The molecule has 0 saturated carbocycles. The van der Waals surface area contributed by atoms with Crippen LogP contribution in [-0.4, -0.2) is 23.5 Å². The second-order valence-electron chi connectivity index (χ2n) is 4.50. The molecule has 0 N–H and O–H groups in total. The minimum absolute atomic E-state index is 0.214. The topological polar surface area (TPSA) is 3.24 Å². The standard InChI is InChI=1S/C15H23N/c1-5-9-14-13-16(12-8-4)15(14,10-6-2)11-7-3/h5-8,14H,1-4,9-13H2. The van der Waals surface area contributed by atoms with Crippen molar-refractivity contribution in [3.8, 4) is 0 Å². The third-order valence-electron chi connectivity index (χ3n) is 3.63. The van der Waals surface area contributed by atoms with Gasteiger partial charge in [0.15, 0.2) is 0 Å². The SMILES string of the molecule is C=CCC1CN(CC=C)C1(CC=C)CC=C. The molecule has 1 atom stereocenters. The molecule has 1 rings (SSSR count). The van der Waals surface area contributed by atoms with Gasteiger partial charge in [-0.3, -0.25) is 4.90 Å². The van der Waals surface area contributed by atoms with Crippen molar-refractivity contribution < 1.29 is 0 Å². The Bertz CT molecular complexity index is 249. The van der Waals surface area contributed by atoms with E-state index >= 15 is 0 Å². The van der Waals surface area contributed by atoms with Crippen LogP contribution < -0.4 is 0 Å². The van der Waals surface area contributed by atoms with Crippen LogP contribution in [0.15, 0.2) is 50.6 Å². The molecule has 1 saturated heterocycles. The van der Waals surface area contributed by atoms with Gasteiger partial charge in [0.2, 0.25) is 0 Å². The minimum Gasteiger partial charge on any atom is -0.293 e. The summed E-state index contributed by atoms with van der Waals surface area (Å²) in [6, 6.07) is 0. The van der Waals surface area contributed by atoms with Gasteiger partial charge in [-0.25, -0.2) is 0 Å². The Morgan fingerprint density at radius 2 is 1.62 bits per heavy atom. The maximum atomic E-state index is 3.89. The summed E-state index contributed by atoms with van der Waals surface area (Å²) < 4.78 is 0. The van der Waals surface area contributed by atoms with E-state index in [-0.39, 0.29) is 5.54 Å². The van der Waals surface area contributed by atoms with E-state index in [0.29, 0.717) is 5.92 Å². The van der Waals surface area contributed by atoms with Crippen LogP contribution in [0, 0.1) is 5.92 Å². The monoisotopic (exact) mass is 217 g/mol. The fraction of sp³-hybridized carbons (Fsp3) is 0.467. The highest BCUT2D eigenvalue weighted by molar-refractivity contribution is 5.13. The third kappa shape index (κ3) is 2.19. The predicted molar refractivity (Wildman–Crippen MR) is 72.4 cm³/mol. The van der Waals surface area contributed by atoms with Crippen LogP contribution in [0.1, 0.15) is 19.3 Å². The minimum atomic E-state index is 0.214. The van der Waals surface area contributed by atoms with Crippen LogP contribution in [0.3, 0.4) is 0 Å². The zero-order valence-corrected chi connectivity index (χ0v) is 10.2. The van der Waals surface area contributed by atoms with Gasteiger partial charge < -0.3 is 0 Å². The Labute approximate surface area is 99.8 Å². The fourth-order valence-electron chi connectivity index (χ4n) is 2.85. The van der Waals surface area contributed by atoms with Crippen LogP contribution in [0.25, 0.3) is 0 Å². The van der Waals surface area contributed by atoms with Crippen molar-refractivity contribution in [2.75, 3.05) is 13.1 Å². The molecule has 0 bridgehead atoms. The molecule has 1 aliphatic heterocycles. The quantitative estimate of drug-likeness (QED) is 0.562. The van der Waals surface area contributed by atoms with E-state index in [4.69, 9.17) is 0 Å². The van der Waals surface area contributed by atoms with Crippen LogP contribution in [-0.2, 0) is 0 Å². The molecular formula is C15H23N. The average molecular weight is 217 g/mol. The molecule has 0 amide bonds. The van der Waals surface area contributed by atoms with Gasteiger partial charge in [-0.2, -0.15) is 0 Å². The third-order valence-corrected chi connectivity index (χ3v) is 3.63. The van der Waals surface area contributed by atoms with Crippen molar-refractivity contribution in [3.05, 3.63) is 50.6 Å². The highest BCUT2D eigenvalue weighted by atomic mass is 15.3. The van der Waals surface area contributed by atoms with Crippen LogP contribution in [0.2, 0.25) is 0 Å². The Kier molecular flexibility index (Phi) is 4.75. The maximum absolute atomic E-state index is 3.89. The normalized spacial score (nSPS) is 23.1. The van der Waals surface area contributed by atoms with E-state index in [1.54, 1.807) is 0 Å². The molecule has 1 aliphatic rings. The molecule has 0 aliphatic carbocycles. The smallest absolute Gasteiger partial charge is 0.0324 e. The van der Waals surface area contributed by atoms with Gasteiger partial charge in [0.05, 0.1) is 0 Å². The van der Waals surface area contributed by atoms with Crippen molar-refractivity contribution in [1.82, 2.24) is 4.90 Å². The summed E-state index contributed by atoms with van der Waals surface area (Å²) in [5.74, 6) is 0.681. The Morgan fingerprint density at radius 1 is 1.00 bits per heavy atom. The van der Waals surface area contributed by atoms with Gasteiger partial charge in [0.25, 0.3) is 0 Å². The second kappa shape index (κ2) is 5.86. The summed E-state index contributed by atoms with van der Waals surface area (Å²) in [6.45, 7) is 17.5. The highest BCUT2D eigenvalue weighted by Gasteiger charge is 2.49. The van der Waals surface area contributed by atoms with Crippen molar-refractivity contribution >= 4 is 0 Å². The van der Waals surface area contributed by atoms with Gasteiger partial charge in [-0.1, -0.05) is 24.3 Å². The molecule has 1 heterocycles. The van der Waals surface area contributed by atoms with Gasteiger partial charge in [-0.15, -0.1) is 26.3 Å². The Hall–Kier alpha value is -1.08. The van der Waals surface area contributed by atoms with E-state index in [1.165, 1.54) is 0 Å². The summed E-state index contributed by atoms with van der Waals surface area (Å²) >= 11 is 0. The molecule has 0 spiro atoms. The molecule has 1 unspecified atom stereocenters. The Morgan fingerprint density at radius 3 is 2.06 bits per heavy atom. The lowest BCUT2D eigenvalue weighted by Crippen LogP contribution is -2.66. The van der Waals surface area contributed by atoms with E-state index in [1.807, 2.05) is 24.3 Å². The number of hydrogen-bond acceptors (Lipinski definition) is 1.